The van der Waals surface area contributed by atoms with E-state index in [2.05, 4.69) is 4.74 Å². The molecule has 1 rings (SSSR count). The maximum absolute atomic E-state index is 10.6. The Kier molecular flexibility index (Phi) is 2.49. The van der Waals surface area contributed by atoms with E-state index in [1.165, 1.54) is 0 Å². The number of imide groups is 1. The molecule has 0 spiro atoms. The van der Waals surface area contributed by atoms with Crippen molar-refractivity contribution >= 4 is 12.2 Å². The Bertz CT molecular complexity index is 200. The number of amides is 2. The first-order chi connectivity index (χ1) is 5.58. The van der Waals surface area contributed by atoms with Crippen molar-refractivity contribution in [1.29, 1.82) is 0 Å². The number of nitrogens with two attached hydrogens (primary N) is 1. The van der Waals surface area contributed by atoms with E-state index in [1.807, 2.05) is 0 Å². The van der Waals surface area contributed by atoms with Gasteiger partial charge in [-0.3, -0.25) is 0 Å². The first kappa shape index (κ1) is 8.79. The lowest BCUT2D eigenvalue weighted by molar-refractivity contribution is 0.0417. The zero-order valence-electron chi connectivity index (χ0n) is 6.32. The third kappa shape index (κ3) is 2.39. The van der Waals surface area contributed by atoms with Crippen LogP contribution in [0.1, 0.15) is 12.8 Å². The average molecular weight is 174 g/mol. The second-order valence-corrected chi connectivity index (χ2v) is 2.69. The standard InChI is InChI=1S/C6H10N2O4/c7-3-1-4(2-3)12-6(11)8-5(9)10/h3-4H,1-2,7H2,(H,8,11)(H,9,10)/t3-,4-. The van der Waals surface area contributed by atoms with Crippen molar-refractivity contribution in [2.45, 2.75) is 25.0 Å². The summed E-state index contributed by atoms with van der Waals surface area (Å²) in [6.45, 7) is 0. The number of nitrogens with one attached hydrogen (secondary N) is 1. The average Bonchev–Trinajstić information content (AvgIpc) is 1.82. The lowest BCUT2D eigenvalue weighted by Crippen LogP contribution is -2.44. The Hall–Kier alpha value is -1.30. The monoisotopic (exact) mass is 174 g/mol. The van der Waals surface area contributed by atoms with Gasteiger partial charge in [0.2, 0.25) is 0 Å². The highest BCUT2D eigenvalue weighted by molar-refractivity contribution is 5.86. The van der Waals surface area contributed by atoms with Gasteiger partial charge in [0.05, 0.1) is 0 Å². The summed E-state index contributed by atoms with van der Waals surface area (Å²) < 4.78 is 4.66. The van der Waals surface area contributed by atoms with Crippen LogP contribution in [0.5, 0.6) is 0 Å². The molecule has 1 fully saturated rings. The minimum absolute atomic E-state index is 0.0765. The smallest absolute Gasteiger partial charge is 0.416 e. The van der Waals surface area contributed by atoms with Crippen molar-refractivity contribution in [3.8, 4) is 0 Å². The molecule has 0 bridgehead atoms. The fourth-order valence-electron chi connectivity index (χ4n) is 0.971. The number of alkyl carbamates (subject to hydrolysis) is 1. The lowest BCUT2D eigenvalue weighted by atomic mass is 9.90. The van der Waals surface area contributed by atoms with Crippen LogP contribution in [0.3, 0.4) is 0 Å². The van der Waals surface area contributed by atoms with E-state index in [-0.39, 0.29) is 12.1 Å². The van der Waals surface area contributed by atoms with Gasteiger partial charge in [-0.15, -0.1) is 0 Å². The van der Waals surface area contributed by atoms with Crippen LogP contribution in [0.25, 0.3) is 0 Å². The molecule has 4 N–H and O–H groups in total. The number of carbonyl (C=O) groups excluding carboxylic acids is 1. The maximum Gasteiger partial charge on any atom is 0.416 e. The molecule has 12 heavy (non-hydrogen) atoms. The number of carboxylic acid groups (broad SMARTS) is 1. The first-order valence-corrected chi connectivity index (χ1v) is 3.54. The SMILES string of the molecule is N[C@H]1C[C@H](OC(=O)NC(=O)O)C1. The van der Waals surface area contributed by atoms with Gasteiger partial charge >= 0.3 is 12.2 Å². The quantitative estimate of drug-likeness (QED) is 0.514. The van der Waals surface area contributed by atoms with Crippen LogP contribution in [-0.2, 0) is 4.74 Å². The topological polar surface area (TPSA) is 102 Å². The number of hydrogen-bond donors (Lipinski definition) is 3. The second kappa shape index (κ2) is 3.40. The summed E-state index contributed by atoms with van der Waals surface area (Å²) in [4.78, 5) is 20.5. The Labute approximate surface area is 68.7 Å². The summed E-state index contributed by atoms with van der Waals surface area (Å²) in [7, 11) is 0. The van der Waals surface area contributed by atoms with Crippen LogP contribution < -0.4 is 11.1 Å². The van der Waals surface area contributed by atoms with E-state index < -0.39 is 12.2 Å². The van der Waals surface area contributed by atoms with E-state index in [1.54, 1.807) is 5.32 Å². The summed E-state index contributed by atoms with van der Waals surface area (Å²) in [6, 6.07) is 0.0765. The molecule has 68 valence electrons. The second-order valence-electron chi connectivity index (χ2n) is 2.69. The predicted octanol–water partition coefficient (Wildman–Crippen LogP) is -0.120. The summed E-state index contributed by atoms with van der Waals surface area (Å²) >= 11 is 0. The molecule has 2 amide bonds. The Morgan fingerprint density at radius 2 is 2.08 bits per heavy atom. The molecule has 6 nitrogen and oxygen atoms in total. The van der Waals surface area contributed by atoms with E-state index in [4.69, 9.17) is 10.8 Å². The lowest BCUT2D eigenvalue weighted by Gasteiger charge is -2.31. The van der Waals surface area contributed by atoms with Crippen LogP contribution in [0.4, 0.5) is 9.59 Å². The Morgan fingerprint density at radius 1 is 1.50 bits per heavy atom. The van der Waals surface area contributed by atoms with Crippen molar-refractivity contribution in [1.82, 2.24) is 5.32 Å². The molecule has 0 radical (unpaired) electrons. The minimum atomic E-state index is -1.41. The van der Waals surface area contributed by atoms with Crippen LogP contribution in [-0.4, -0.2) is 29.4 Å². The van der Waals surface area contributed by atoms with Crippen molar-refractivity contribution in [2.24, 2.45) is 5.73 Å². The van der Waals surface area contributed by atoms with Crippen LogP contribution >= 0.6 is 0 Å². The van der Waals surface area contributed by atoms with Gasteiger partial charge in [0, 0.05) is 6.04 Å². The van der Waals surface area contributed by atoms with Gasteiger partial charge in [-0.1, -0.05) is 0 Å². The molecule has 0 unspecified atom stereocenters. The summed E-state index contributed by atoms with van der Waals surface area (Å²) in [5, 5.41) is 9.67. The molecular formula is C6H10N2O4. The number of hydrogen-bond acceptors (Lipinski definition) is 4. The van der Waals surface area contributed by atoms with Crippen molar-refractivity contribution in [3.63, 3.8) is 0 Å². The van der Waals surface area contributed by atoms with Gasteiger partial charge in [-0.05, 0) is 12.8 Å². The van der Waals surface area contributed by atoms with E-state index in [9.17, 15) is 9.59 Å². The summed E-state index contributed by atoms with van der Waals surface area (Å²) in [5.74, 6) is 0. The van der Waals surface area contributed by atoms with Gasteiger partial charge in [-0.2, -0.15) is 0 Å². The zero-order valence-corrected chi connectivity index (χ0v) is 6.32. The van der Waals surface area contributed by atoms with E-state index in [0.717, 1.165) is 0 Å². The van der Waals surface area contributed by atoms with Gasteiger partial charge < -0.3 is 15.6 Å². The van der Waals surface area contributed by atoms with Gasteiger partial charge in [0.1, 0.15) is 6.10 Å². The van der Waals surface area contributed by atoms with Crippen LogP contribution in [0, 0.1) is 0 Å². The van der Waals surface area contributed by atoms with Crippen molar-refractivity contribution in [2.75, 3.05) is 0 Å². The highest BCUT2D eigenvalue weighted by atomic mass is 16.6. The highest BCUT2D eigenvalue weighted by Gasteiger charge is 2.29. The molecule has 1 aliphatic carbocycles. The largest absolute Gasteiger partial charge is 0.465 e. The summed E-state index contributed by atoms with van der Waals surface area (Å²) in [6.07, 6.45) is -1.36. The molecule has 0 saturated heterocycles. The predicted molar refractivity (Wildman–Crippen MR) is 38.6 cm³/mol. The van der Waals surface area contributed by atoms with Gasteiger partial charge in [-0.25, -0.2) is 14.9 Å². The minimum Gasteiger partial charge on any atom is -0.465 e. The maximum atomic E-state index is 10.6. The Balaban J connectivity index is 2.15. The van der Waals surface area contributed by atoms with E-state index in [0.29, 0.717) is 12.8 Å². The van der Waals surface area contributed by atoms with E-state index >= 15 is 0 Å². The summed E-state index contributed by atoms with van der Waals surface area (Å²) in [5.41, 5.74) is 5.42. The van der Waals surface area contributed by atoms with Crippen molar-refractivity contribution in [3.05, 3.63) is 0 Å². The third-order valence-corrected chi connectivity index (χ3v) is 1.61. The molecule has 1 aliphatic rings. The molecule has 0 aliphatic heterocycles. The number of rotatable bonds is 1. The third-order valence-electron chi connectivity index (χ3n) is 1.61. The molecule has 6 heteroatoms. The normalized spacial score (nSPS) is 27.1. The molecule has 0 aromatic rings. The molecule has 0 aromatic carbocycles. The number of ether oxygens (including phenoxy) is 1. The Morgan fingerprint density at radius 3 is 2.50 bits per heavy atom. The van der Waals surface area contributed by atoms with Crippen LogP contribution in [0.15, 0.2) is 0 Å². The number of carbonyl (C=O) groups is 2. The highest BCUT2D eigenvalue weighted by Crippen LogP contribution is 2.20. The fourth-order valence-corrected chi connectivity index (χ4v) is 0.971. The molecule has 0 heterocycles. The molecule has 0 aromatic heterocycles. The first-order valence-electron chi connectivity index (χ1n) is 3.54. The van der Waals surface area contributed by atoms with Gasteiger partial charge in [0.25, 0.3) is 0 Å². The molecule has 0 atom stereocenters. The molecule has 1 saturated carbocycles. The van der Waals surface area contributed by atoms with Crippen LogP contribution in [0.2, 0.25) is 0 Å². The fraction of sp³-hybridized carbons (Fsp3) is 0.667. The van der Waals surface area contributed by atoms with Crippen molar-refractivity contribution < 1.29 is 19.4 Å². The van der Waals surface area contributed by atoms with Gasteiger partial charge in [0.15, 0.2) is 0 Å². The molecular weight excluding hydrogens is 164 g/mol. The zero-order chi connectivity index (χ0) is 9.14.